The quantitative estimate of drug-likeness (QED) is 0.645. The van der Waals surface area contributed by atoms with Gasteiger partial charge in [0.25, 0.3) is 0 Å². The molecule has 1 N–H and O–H groups in total. The van der Waals surface area contributed by atoms with Crippen LogP contribution in [0.1, 0.15) is 13.8 Å². The zero-order chi connectivity index (χ0) is 12.4. The number of fused-ring (bicyclic) bond motifs is 1. The Morgan fingerprint density at radius 3 is 2.71 bits per heavy atom. The van der Waals surface area contributed by atoms with Crippen molar-refractivity contribution in [2.45, 2.75) is 26.7 Å². The van der Waals surface area contributed by atoms with Gasteiger partial charge in [-0.15, -0.1) is 0 Å². The molecule has 1 heterocycles. The standard InChI is InChI=1S/C13H15BNO2/c1-8(2)15-10-5-4-9-6-11(14-3)13(16)17-12(9)7-10/h4-8,15H,1-3H3. The van der Waals surface area contributed by atoms with Crippen LogP contribution in [0.3, 0.4) is 0 Å². The second-order valence-corrected chi connectivity index (χ2v) is 4.33. The van der Waals surface area contributed by atoms with Gasteiger partial charge in [-0.2, -0.15) is 0 Å². The summed E-state index contributed by atoms with van der Waals surface area (Å²) in [6.45, 7) is 5.96. The maximum absolute atomic E-state index is 11.6. The van der Waals surface area contributed by atoms with Crippen LogP contribution in [0.4, 0.5) is 5.69 Å². The summed E-state index contributed by atoms with van der Waals surface area (Å²) < 4.78 is 5.28. The van der Waals surface area contributed by atoms with Crippen molar-refractivity contribution in [3.63, 3.8) is 0 Å². The lowest BCUT2D eigenvalue weighted by molar-refractivity contribution is 0.566. The van der Waals surface area contributed by atoms with Gasteiger partial charge in [-0.3, -0.25) is 0 Å². The fraction of sp³-hybridized carbons (Fsp3) is 0.308. The lowest BCUT2D eigenvalue weighted by atomic mass is 9.74. The van der Waals surface area contributed by atoms with Crippen LogP contribution >= 0.6 is 0 Å². The molecule has 0 bridgehead atoms. The minimum absolute atomic E-state index is 0.290. The van der Waals surface area contributed by atoms with Crippen LogP contribution in [0.15, 0.2) is 33.5 Å². The van der Waals surface area contributed by atoms with E-state index in [2.05, 4.69) is 19.2 Å². The molecule has 2 rings (SSSR count). The maximum atomic E-state index is 11.6. The minimum atomic E-state index is -0.290. The molecular formula is C13H15BNO2. The fourth-order valence-corrected chi connectivity index (χ4v) is 1.75. The first-order valence-electron chi connectivity index (χ1n) is 5.74. The van der Waals surface area contributed by atoms with Crippen molar-refractivity contribution in [3.05, 3.63) is 34.7 Å². The third-order valence-electron chi connectivity index (χ3n) is 2.53. The van der Waals surface area contributed by atoms with Crippen molar-refractivity contribution in [3.8, 4) is 0 Å². The summed E-state index contributed by atoms with van der Waals surface area (Å²) in [5, 5.41) is 4.21. The van der Waals surface area contributed by atoms with Crippen LogP contribution in [-0.4, -0.2) is 13.3 Å². The first-order valence-corrected chi connectivity index (χ1v) is 5.74. The first-order chi connectivity index (χ1) is 8.10. The Balaban J connectivity index is 2.51. The largest absolute Gasteiger partial charge is 0.423 e. The Morgan fingerprint density at radius 1 is 1.29 bits per heavy atom. The van der Waals surface area contributed by atoms with Crippen molar-refractivity contribution in [2.24, 2.45) is 0 Å². The molecule has 1 aromatic heterocycles. The van der Waals surface area contributed by atoms with Gasteiger partial charge in [0.1, 0.15) is 5.58 Å². The summed E-state index contributed by atoms with van der Waals surface area (Å²) in [4.78, 5) is 11.6. The van der Waals surface area contributed by atoms with Crippen LogP contribution in [0.5, 0.6) is 0 Å². The van der Waals surface area contributed by atoms with Crippen LogP contribution in [-0.2, 0) is 0 Å². The summed E-state index contributed by atoms with van der Waals surface area (Å²) >= 11 is 0. The van der Waals surface area contributed by atoms with Gasteiger partial charge in [-0.1, -0.05) is 12.9 Å². The zero-order valence-corrected chi connectivity index (χ0v) is 10.3. The molecule has 0 fully saturated rings. The molecule has 0 atom stereocenters. The topological polar surface area (TPSA) is 42.2 Å². The van der Waals surface area contributed by atoms with E-state index in [0.29, 0.717) is 17.1 Å². The zero-order valence-electron chi connectivity index (χ0n) is 10.3. The number of hydrogen-bond acceptors (Lipinski definition) is 3. The summed E-state index contributed by atoms with van der Waals surface area (Å²) in [5.41, 5.74) is 1.89. The average Bonchev–Trinajstić information content (AvgIpc) is 2.27. The van der Waals surface area contributed by atoms with Crippen LogP contribution < -0.4 is 16.4 Å². The number of anilines is 1. The molecule has 2 aromatic rings. The van der Waals surface area contributed by atoms with E-state index < -0.39 is 0 Å². The van der Waals surface area contributed by atoms with Crippen molar-refractivity contribution in [1.82, 2.24) is 0 Å². The van der Waals surface area contributed by atoms with E-state index in [1.54, 1.807) is 7.28 Å². The molecule has 1 radical (unpaired) electrons. The van der Waals surface area contributed by atoms with Gasteiger partial charge in [0.05, 0.1) is 0 Å². The van der Waals surface area contributed by atoms with E-state index >= 15 is 0 Å². The molecule has 0 unspecified atom stereocenters. The molecule has 1 aromatic carbocycles. The molecule has 0 aliphatic rings. The Morgan fingerprint density at radius 2 is 2.06 bits per heavy atom. The van der Waals surface area contributed by atoms with Gasteiger partial charge in [-0.25, -0.2) is 4.79 Å². The average molecular weight is 228 g/mol. The molecule has 0 amide bonds. The first kappa shape index (κ1) is 11.8. The normalized spacial score (nSPS) is 10.8. The molecular weight excluding hydrogens is 213 g/mol. The molecule has 4 heteroatoms. The summed E-state index contributed by atoms with van der Waals surface area (Å²) in [5.74, 6) is 0. The molecule has 3 nitrogen and oxygen atoms in total. The Kier molecular flexibility index (Phi) is 3.22. The smallest absolute Gasteiger partial charge is 0.329 e. The van der Waals surface area contributed by atoms with Crippen molar-refractivity contribution in [2.75, 3.05) is 5.32 Å². The van der Waals surface area contributed by atoms with Gasteiger partial charge in [0.2, 0.25) is 0 Å². The van der Waals surface area contributed by atoms with E-state index in [9.17, 15) is 4.79 Å². The molecule has 17 heavy (non-hydrogen) atoms. The Labute approximate surface area is 101 Å². The molecule has 0 saturated heterocycles. The van der Waals surface area contributed by atoms with Crippen LogP contribution in [0.2, 0.25) is 6.82 Å². The third kappa shape index (κ3) is 2.52. The Bertz CT molecular complexity index is 589. The van der Waals surface area contributed by atoms with Gasteiger partial charge < -0.3 is 9.73 Å². The van der Waals surface area contributed by atoms with Crippen LogP contribution in [0.25, 0.3) is 11.0 Å². The van der Waals surface area contributed by atoms with E-state index in [4.69, 9.17) is 4.42 Å². The second kappa shape index (κ2) is 4.66. The molecule has 0 spiro atoms. The predicted octanol–water partition coefficient (Wildman–Crippen LogP) is 1.99. The lowest BCUT2D eigenvalue weighted by Gasteiger charge is -2.10. The van der Waals surface area contributed by atoms with Gasteiger partial charge in [-0.05, 0) is 31.4 Å². The number of rotatable bonds is 3. The molecule has 0 aliphatic carbocycles. The van der Waals surface area contributed by atoms with Gasteiger partial charge in [0, 0.05) is 23.2 Å². The summed E-state index contributed by atoms with van der Waals surface area (Å²) in [6, 6.07) is 8.00. The van der Waals surface area contributed by atoms with E-state index in [1.165, 1.54) is 0 Å². The van der Waals surface area contributed by atoms with Crippen molar-refractivity contribution >= 4 is 29.4 Å². The highest BCUT2D eigenvalue weighted by Crippen LogP contribution is 2.17. The lowest BCUT2D eigenvalue weighted by Crippen LogP contribution is -2.28. The van der Waals surface area contributed by atoms with Crippen molar-refractivity contribution in [1.29, 1.82) is 0 Å². The highest BCUT2D eigenvalue weighted by atomic mass is 16.4. The van der Waals surface area contributed by atoms with Crippen molar-refractivity contribution < 1.29 is 4.42 Å². The van der Waals surface area contributed by atoms with E-state index in [-0.39, 0.29) is 5.63 Å². The molecule has 0 aliphatic heterocycles. The SMILES string of the molecule is C[B]c1cc2ccc(NC(C)C)cc2oc1=O. The Hall–Kier alpha value is -1.71. The van der Waals surface area contributed by atoms with Gasteiger partial charge >= 0.3 is 5.63 Å². The molecule has 87 valence electrons. The second-order valence-electron chi connectivity index (χ2n) is 4.33. The summed E-state index contributed by atoms with van der Waals surface area (Å²) in [6.07, 6.45) is 0. The summed E-state index contributed by atoms with van der Waals surface area (Å²) in [7, 11) is 1.76. The van der Waals surface area contributed by atoms with Crippen LogP contribution in [0, 0.1) is 0 Å². The molecule has 0 saturated carbocycles. The van der Waals surface area contributed by atoms with E-state index in [0.717, 1.165) is 11.1 Å². The van der Waals surface area contributed by atoms with E-state index in [1.807, 2.05) is 31.1 Å². The minimum Gasteiger partial charge on any atom is -0.423 e. The third-order valence-corrected chi connectivity index (χ3v) is 2.53. The highest BCUT2D eigenvalue weighted by Gasteiger charge is 2.05. The predicted molar refractivity (Wildman–Crippen MR) is 72.5 cm³/mol. The van der Waals surface area contributed by atoms with Gasteiger partial charge in [0.15, 0.2) is 7.28 Å². The monoisotopic (exact) mass is 228 g/mol. The highest BCUT2D eigenvalue weighted by molar-refractivity contribution is 6.51. The number of benzene rings is 1. The fourth-order valence-electron chi connectivity index (χ4n) is 1.75. The number of hydrogen-bond donors (Lipinski definition) is 1. The maximum Gasteiger partial charge on any atom is 0.329 e. The number of nitrogens with one attached hydrogen (secondary N) is 1.